The van der Waals surface area contributed by atoms with E-state index in [4.69, 9.17) is 9.52 Å². The molecule has 3 N–H and O–H groups in total. The van der Waals surface area contributed by atoms with Gasteiger partial charge in [-0.15, -0.1) is 11.8 Å². The first-order valence-corrected chi connectivity index (χ1v) is 8.97. The van der Waals surface area contributed by atoms with Gasteiger partial charge in [-0.05, 0) is 31.2 Å². The van der Waals surface area contributed by atoms with Gasteiger partial charge in [0.1, 0.15) is 11.5 Å². The molecule has 1 aromatic carbocycles. The third-order valence-electron chi connectivity index (χ3n) is 4.17. The highest BCUT2D eigenvalue weighted by atomic mass is 32.2. The fraction of sp³-hybridized carbons (Fsp3) is 0.167. The maximum absolute atomic E-state index is 11.9. The number of amides is 1. The molecule has 1 aliphatic rings. The summed E-state index contributed by atoms with van der Waals surface area (Å²) in [6.45, 7) is 1.90. The number of benzene rings is 1. The molecule has 0 radical (unpaired) electrons. The van der Waals surface area contributed by atoms with Gasteiger partial charge in [0.2, 0.25) is 5.91 Å². The number of aromatic carboxylic acids is 1. The molecule has 7 nitrogen and oxygen atoms in total. The van der Waals surface area contributed by atoms with Gasteiger partial charge in [-0.25, -0.2) is 4.79 Å². The van der Waals surface area contributed by atoms with E-state index in [1.807, 2.05) is 19.1 Å². The van der Waals surface area contributed by atoms with Crippen molar-refractivity contribution in [2.24, 2.45) is 0 Å². The van der Waals surface area contributed by atoms with Crippen molar-refractivity contribution in [1.82, 2.24) is 10.2 Å². The Kier molecular flexibility index (Phi) is 4.04. The van der Waals surface area contributed by atoms with Gasteiger partial charge in [0.25, 0.3) is 0 Å². The average Bonchev–Trinajstić information content (AvgIpc) is 3.20. The van der Waals surface area contributed by atoms with Crippen LogP contribution in [0.4, 0.5) is 5.82 Å². The summed E-state index contributed by atoms with van der Waals surface area (Å²) >= 11 is 1.46. The Morgan fingerprint density at radius 2 is 2.19 bits per heavy atom. The van der Waals surface area contributed by atoms with E-state index in [2.05, 4.69) is 15.5 Å². The molecule has 0 bridgehead atoms. The van der Waals surface area contributed by atoms with Crippen molar-refractivity contribution in [1.29, 1.82) is 0 Å². The first kappa shape index (κ1) is 16.5. The smallest absolute Gasteiger partial charge is 0.335 e. The average molecular weight is 369 g/mol. The van der Waals surface area contributed by atoms with Crippen LogP contribution in [-0.4, -0.2) is 32.9 Å². The minimum absolute atomic E-state index is 0.105. The summed E-state index contributed by atoms with van der Waals surface area (Å²) in [4.78, 5) is 23.1. The van der Waals surface area contributed by atoms with E-state index in [9.17, 15) is 9.59 Å². The van der Waals surface area contributed by atoms with Crippen molar-refractivity contribution in [3.63, 3.8) is 0 Å². The zero-order chi connectivity index (χ0) is 18.3. The minimum atomic E-state index is -0.985. The first-order chi connectivity index (χ1) is 12.5. The number of aryl methyl sites for hydroxylation is 1. The molecule has 0 saturated carbocycles. The molecule has 1 atom stereocenters. The third-order valence-corrected chi connectivity index (χ3v) is 5.41. The molecule has 0 fully saturated rings. The van der Waals surface area contributed by atoms with Gasteiger partial charge in [-0.1, -0.05) is 12.1 Å². The number of hydrogen-bond donors (Lipinski definition) is 3. The molecule has 8 heteroatoms. The molecular formula is C18H15N3O4S. The molecule has 1 amide bonds. The lowest BCUT2D eigenvalue weighted by molar-refractivity contribution is -0.113. The molecule has 3 aromatic rings. The monoisotopic (exact) mass is 369 g/mol. The van der Waals surface area contributed by atoms with Gasteiger partial charge in [0.05, 0.1) is 16.6 Å². The van der Waals surface area contributed by atoms with Crippen LogP contribution in [0.15, 0.2) is 40.8 Å². The second-order valence-electron chi connectivity index (χ2n) is 5.94. The quantitative estimate of drug-likeness (QED) is 0.652. The maximum Gasteiger partial charge on any atom is 0.335 e. The molecular weight excluding hydrogens is 354 g/mol. The van der Waals surface area contributed by atoms with E-state index >= 15 is 0 Å². The molecule has 4 rings (SSSR count). The number of aromatic amines is 1. The zero-order valence-electron chi connectivity index (χ0n) is 13.8. The van der Waals surface area contributed by atoms with Crippen LogP contribution in [0, 0.1) is 6.92 Å². The fourth-order valence-corrected chi connectivity index (χ4v) is 4.08. The highest BCUT2D eigenvalue weighted by Gasteiger charge is 2.30. The van der Waals surface area contributed by atoms with Crippen molar-refractivity contribution in [2.75, 3.05) is 11.1 Å². The van der Waals surface area contributed by atoms with Gasteiger partial charge in [-0.2, -0.15) is 5.10 Å². The summed E-state index contributed by atoms with van der Waals surface area (Å²) in [5.74, 6) is 0.994. The predicted molar refractivity (Wildman–Crippen MR) is 97.4 cm³/mol. The van der Waals surface area contributed by atoms with Gasteiger partial charge < -0.3 is 14.8 Å². The predicted octanol–water partition coefficient (Wildman–Crippen LogP) is 3.45. The third kappa shape index (κ3) is 2.88. The number of anilines is 1. The number of H-pyrrole nitrogens is 1. The number of thioether (sulfide) groups is 1. The summed E-state index contributed by atoms with van der Waals surface area (Å²) < 4.78 is 6.02. The van der Waals surface area contributed by atoms with Crippen LogP contribution in [0.2, 0.25) is 0 Å². The first-order valence-electron chi connectivity index (χ1n) is 7.92. The maximum atomic E-state index is 11.9. The van der Waals surface area contributed by atoms with Crippen LogP contribution in [0.5, 0.6) is 0 Å². The van der Waals surface area contributed by atoms with Crippen LogP contribution in [0.1, 0.15) is 32.6 Å². The molecule has 2 aromatic heterocycles. The van der Waals surface area contributed by atoms with E-state index in [0.717, 1.165) is 11.3 Å². The zero-order valence-corrected chi connectivity index (χ0v) is 14.6. The second kappa shape index (κ2) is 6.38. The van der Waals surface area contributed by atoms with Gasteiger partial charge in [0, 0.05) is 16.8 Å². The number of rotatable bonds is 3. The topological polar surface area (TPSA) is 108 Å². The fourth-order valence-electron chi connectivity index (χ4n) is 2.94. The highest BCUT2D eigenvalue weighted by Crippen LogP contribution is 2.43. The summed E-state index contributed by atoms with van der Waals surface area (Å²) in [6.07, 6.45) is 0. The van der Waals surface area contributed by atoms with E-state index in [1.54, 1.807) is 18.2 Å². The Bertz CT molecular complexity index is 1010. The van der Waals surface area contributed by atoms with Gasteiger partial charge in [0.15, 0.2) is 5.82 Å². The summed E-state index contributed by atoms with van der Waals surface area (Å²) in [5.41, 5.74) is 2.65. The van der Waals surface area contributed by atoms with Crippen molar-refractivity contribution in [3.8, 4) is 11.3 Å². The van der Waals surface area contributed by atoms with Crippen LogP contribution >= 0.6 is 11.8 Å². The number of fused-ring (bicyclic) bond motifs is 1. The van der Waals surface area contributed by atoms with Crippen molar-refractivity contribution in [2.45, 2.75) is 12.2 Å². The van der Waals surface area contributed by atoms with Gasteiger partial charge in [-0.3, -0.25) is 9.89 Å². The van der Waals surface area contributed by atoms with Crippen LogP contribution < -0.4 is 5.32 Å². The molecule has 0 unspecified atom stereocenters. The normalized spacial score (nSPS) is 16.7. The molecule has 132 valence electrons. The van der Waals surface area contributed by atoms with E-state index in [-0.39, 0.29) is 16.7 Å². The van der Waals surface area contributed by atoms with Crippen LogP contribution in [0.25, 0.3) is 11.3 Å². The lowest BCUT2D eigenvalue weighted by Gasteiger charge is -2.11. The molecule has 26 heavy (non-hydrogen) atoms. The van der Waals surface area contributed by atoms with Crippen molar-refractivity contribution >= 4 is 29.5 Å². The molecule has 0 saturated heterocycles. The Balaban J connectivity index is 1.72. The summed E-state index contributed by atoms with van der Waals surface area (Å²) in [5, 5.41) is 18.8. The number of carboxylic acids is 1. The van der Waals surface area contributed by atoms with E-state index < -0.39 is 5.97 Å². The van der Waals surface area contributed by atoms with Crippen LogP contribution in [0.3, 0.4) is 0 Å². The van der Waals surface area contributed by atoms with E-state index in [1.165, 1.54) is 17.8 Å². The highest BCUT2D eigenvalue weighted by molar-refractivity contribution is 8.00. The lowest BCUT2D eigenvalue weighted by atomic mass is 10.1. The summed E-state index contributed by atoms with van der Waals surface area (Å²) in [6, 6.07) is 10.3. The number of hydrogen-bond acceptors (Lipinski definition) is 5. The number of aromatic nitrogens is 2. The molecule has 0 aliphatic carbocycles. The number of furan rings is 1. The minimum Gasteiger partial charge on any atom is -0.478 e. The largest absolute Gasteiger partial charge is 0.478 e. The number of nitrogens with zero attached hydrogens (tertiary/aromatic N) is 1. The molecule has 0 spiro atoms. The second-order valence-corrected chi connectivity index (χ2v) is 7.03. The Labute approximate surface area is 152 Å². The Morgan fingerprint density at radius 3 is 3.00 bits per heavy atom. The lowest BCUT2D eigenvalue weighted by Crippen LogP contribution is -2.12. The Hall–Kier alpha value is -3.00. The van der Waals surface area contributed by atoms with Crippen LogP contribution in [-0.2, 0) is 4.79 Å². The standard InChI is InChI=1S/C18H15N3O4S/c1-9-15-16(26-8-14(22)19-17(15)21-20-9)13-6-5-12(25-13)10-3-2-4-11(7-10)18(23)24/h2-7,16H,8H2,1H3,(H,23,24)(H2,19,20,21,22)/t16-/m0/s1. The van der Waals surface area contributed by atoms with Crippen molar-refractivity contribution < 1.29 is 19.1 Å². The number of carbonyl (C=O) groups excluding carboxylic acids is 1. The number of carbonyl (C=O) groups is 2. The SMILES string of the molecule is Cc1[nH]nc2c1[C@H](c1ccc(-c3cccc(C(=O)O)c3)o1)SCC(=O)N2. The molecule has 3 heterocycles. The summed E-state index contributed by atoms with van der Waals surface area (Å²) in [7, 11) is 0. The van der Waals surface area contributed by atoms with E-state index in [0.29, 0.717) is 28.7 Å². The molecule has 1 aliphatic heterocycles. The van der Waals surface area contributed by atoms with Crippen molar-refractivity contribution in [3.05, 3.63) is 59.0 Å². The number of carboxylic acid groups (broad SMARTS) is 1. The number of nitrogens with one attached hydrogen (secondary N) is 2. The van der Waals surface area contributed by atoms with Gasteiger partial charge >= 0.3 is 5.97 Å². The Morgan fingerprint density at radius 1 is 1.35 bits per heavy atom.